The minimum atomic E-state index is 0.659. The van der Waals surface area contributed by atoms with Crippen molar-refractivity contribution in [3.63, 3.8) is 0 Å². The number of benzene rings is 6. The number of nitrogens with zero attached hydrogens (tertiary/aromatic N) is 6. The third-order valence-corrected chi connectivity index (χ3v) is 12.0. The Bertz CT molecular complexity index is 2180. The van der Waals surface area contributed by atoms with Gasteiger partial charge in [0.1, 0.15) is 0 Å². The van der Waals surface area contributed by atoms with Crippen molar-refractivity contribution in [2.24, 2.45) is 0 Å². The van der Waals surface area contributed by atoms with Gasteiger partial charge in [0.05, 0.1) is 0 Å². The summed E-state index contributed by atoms with van der Waals surface area (Å²) in [5.41, 5.74) is 13.8. The molecule has 0 bridgehead atoms. The first-order valence-corrected chi connectivity index (χ1v) is 20.8. The molecule has 0 atom stereocenters. The molecule has 6 aromatic carbocycles. The van der Waals surface area contributed by atoms with E-state index in [9.17, 15) is 0 Å². The first-order chi connectivity index (χ1) is 28.2. The molecule has 6 nitrogen and oxygen atoms in total. The highest BCUT2D eigenvalue weighted by molar-refractivity contribution is 5.77. The second-order valence-corrected chi connectivity index (χ2v) is 15.8. The lowest BCUT2D eigenvalue weighted by Gasteiger charge is -2.18. The van der Waals surface area contributed by atoms with Crippen LogP contribution in [-0.4, -0.2) is 54.2 Å². The van der Waals surface area contributed by atoms with Crippen molar-refractivity contribution in [1.29, 1.82) is 0 Å². The highest BCUT2D eigenvalue weighted by Crippen LogP contribution is 2.34. The summed E-state index contributed by atoms with van der Waals surface area (Å²) in [6, 6.07) is 52.8. The second kappa shape index (κ2) is 15.7. The number of hydrogen-bond acceptors (Lipinski definition) is 6. The van der Waals surface area contributed by atoms with Crippen LogP contribution in [0.5, 0.6) is 0 Å². The summed E-state index contributed by atoms with van der Waals surface area (Å²) in [4.78, 5) is 23.0. The molecule has 0 N–H and O–H groups in total. The summed E-state index contributed by atoms with van der Waals surface area (Å²) in [6.07, 6.45) is 7.62. The smallest absolute Gasteiger partial charge is 0.164 e. The van der Waals surface area contributed by atoms with Gasteiger partial charge in [0.25, 0.3) is 0 Å². The average Bonchev–Trinajstić information content (AvgIpc) is 4.13. The summed E-state index contributed by atoms with van der Waals surface area (Å²) in [5, 5.41) is 0. The zero-order valence-electron chi connectivity index (χ0n) is 32.5. The van der Waals surface area contributed by atoms with Crippen LogP contribution in [-0.2, 0) is 0 Å². The number of aromatic nitrogens is 3. The zero-order valence-corrected chi connectivity index (χ0v) is 32.5. The summed E-state index contributed by atoms with van der Waals surface area (Å²) in [5.74, 6) is 1.98. The predicted octanol–water partition coefficient (Wildman–Crippen LogP) is 11.7. The number of hydrogen-bond donors (Lipinski definition) is 0. The van der Waals surface area contributed by atoms with Crippen LogP contribution in [0.3, 0.4) is 0 Å². The summed E-state index contributed by atoms with van der Waals surface area (Å²) in [7, 11) is 0. The van der Waals surface area contributed by atoms with Crippen LogP contribution in [0.4, 0.5) is 17.1 Å². The van der Waals surface area contributed by atoms with Gasteiger partial charge in [0, 0.05) is 73.0 Å². The van der Waals surface area contributed by atoms with Gasteiger partial charge in [-0.3, -0.25) is 0 Å². The summed E-state index contributed by atoms with van der Waals surface area (Å²) < 4.78 is 0. The summed E-state index contributed by atoms with van der Waals surface area (Å²) in [6.45, 7) is 6.84. The highest BCUT2D eigenvalue weighted by atomic mass is 15.2. The Morgan fingerprint density at radius 1 is 0.263 bits per heavy atom. The highest BCUT2D eigenvalue weighted by Gasteiger charge is 2.17. The Kier molecular flexibility index (Phi) is 9.69. The molecule has 3 aliphatic heterocycles. The molecule has 0 saturated carbocycles. The third-order valence-electron chi connectivity index (χ3n) is 12.0. The molecule has 3 saturated heterocycles. The molecule has 0 unspecified atom stereocenters. The molecule has 10 rings (SSSR count). The number of anilines is 3. The van der Waals surface area contributed by atoms with E-state index >= 15 is 0 Å². The van der Waals surface area contributed by atoms with E-state index in [0.717, 1.165) is 72.6 Å². The maximum Gasteiger partial charge on any atom is 0.164 e. The molecule has 0 aliphatic carbocycles. The van der Waals surface area contributed by atoms with Crippen LogP contribution >= 0.6 is 0 Å². The van der Waals surface area contributed by atoms with Gasteiger partial charge < -0.3 is 14.7 Å². The van der Waals surface area contributed by atoms with Crippen LogP contribution in [0.1, 0.15) is 38.5 Å². The van der Waals surface area contributed by atoms with E-state index in [1.807, 2.05) is 0 Å². The van der Waals surface area contributed by atoms with Gasteiger partial charge in [-0.25, -0.2) is 15.0 Å². The fraction of sp³-hybridized carbons (Fsp3) is 0.235. The molecule has 4 heterocycles. The largest absolute Gasteiger partial charge is 0.372 e. The lowest BCUT2D eigenvalue weighted by Crippen LogP contribution is -2.17. The van der Waals surface area contributed by atoms with Crippen molar-refractivity contribution in [3.05, 3.63) is 146 Å². The van der Waals surface area contributed by atoms with Crippen molar-refractivity contribution in [2.45, 2.75) is 38.5 Å². The SMILES string of the molecule is c1cc(-c2ccc(N3CCCC3)cc2)cc(-c2nc(-c3cccc(-c4ccc(N5CCCC5)cc4)c3)nc(-c3cccc(-c4ccc(N5CCCC5)cc4)c3)n2)c1. The van der Waals surface area contributed by atoms with E-state index in [-0.39, 0.29) is 0 Å². The van der Waals surface area contributed by atoms with Gasteiger partial charge in [-0.05, 0) is 127 Å². The van der Waals surface area contributed by atoms with Crippen LogP contribution in [0.25, 0.3) is 67.5 Å². The van der Waals surface area contributed by atoms with Crippen LogP contribution in [0.2, 0.25) is 0 Å². The van der Waals surface area contributed by atoms with Gasteiger partial charge in [0.15, 0.2) is 17.5 Å². The minimum absolute atomic E-state index is 0.659. The lowest BCUT2D eigenvalue weighted by atomic mass is 10.0. The maximum atomic E-state index is 5.19. The molecular weight excluding hydrogens is 697 g/mol. The maximum absolute atomic E-state index is 5.19. The van der Waals surface area contributed by atoms with Crippen molar-refractivity contribution >= 4 is 17.1 Å². The van der Waals surface area contributed by atoms with Crippen molar-refractivity contribution in [2.75, 3.05) is 54.0 Å². The Morgan fingerprint density at radius 2 is 0.509 bits per heavy atom. The molecule has 0 radical (unpaired) electrons. The second-order valence-electron chi connectivity index (χ2n) is 15.8. The molecular formula is C51H48N6. The molecule has 57 heavy (non-hydrogen) atoms. The summed E-state index contributed by atoms with van der Waals surface area (Å²) >= 11 is 0. The average molecular weight is 745 g/mol. The van der Waals surface area contributed by atoms with E-state index in [0.29, 0.717) is 17.5 Å². The quantitative estimate of drug-likeness (QED) is 0.147. The monoisotopic (exact) mass is 744 g/mol. The Hall–Kier alpha value is -6.27. The van der Waals surface area contributed by atoms with E-state index in [2.05, 4.69) is 160 Å². The predicted molar refractivity (Wildman–Crippen MR) is 237 cm³/mol. The van der Waals surface area contributed by atoms with Gasteiger partial charge in [-0.2, -0.15) is 0 Å². The van der Waals surface area contributed by atoms with Gasteiger partial charge in [-0.15, -0.1) is 0 Å². The topological polar surface area (TPSA) is 48.4 Å². The lowest BCUT2D eigenvalue weighted by molar-refractivity contribution is 0.949. The van der Waals surface area contributed by atoms with Gasteiger partial charge >= 0.3 is 0 Å². The minimum Gasteiger partial charge on any atom is -0.372 e. The Labute approximate surface area is 336 Å². The zero-order chi connectivity index (χ0) is 38.0. The van der Waals surface area contributed by atoms with E-state index < -0.39 is 0 Å². The van der Waals surface area contributed by atoms with Crippen molar-refractivity contribution < 1.29 is 0 Å². The van der Waals surface area contributed by atoms with Crippen molar-refractivity contribution in [1.82, 2.24) is 15.0 Å². The molecule has 3 fully saturated rings. The third kappa shape index (κ3) is 7.52. The fourth-order valence-corrected chi connectivity index (χ4v) is 8.80. The Morgan fingerprint density at radius 3 is 0.772 bits per heavy atom. The Balaban J connectivity index is 1.02. The van der Waals surface area contributed by atoms with Gasteiger partial charge in [-0.1, -0.05) is 91.0 Å². The molecule has 282 valence electrons. The molecule has 6 heteroatoms. The van der Waals surface area contributed by atoms with Crippen LogP contribution < -0.4 is 14.7 Å². The van der Waals surface area contributed by atoms with E-state index in [1.165, 1.54) is 72.3 Å². The standard InChI is InChI=1S/C51H48N6/c1-2-29-55(28-1)46-22-16-37(17-23-46)40-10-7-13-43(34-40)49-52-50(44-14-8-11-41(35-44)38-18-24-47(25-19-38)56-30-3-4-31-56)54-51(53-49)45-15-9-12-42(36-45)39-20-26-48(27-21-39)57-32-5-6-33-57/h7-27,34-36H,1-6,28-33H2. The molecule has 0 spiro atoms. The molecule has 0 amide bonds. The molecule has 7 aromatic rings. The molecule has 1 aromatic heterocycles. The fourth-order valence-electron chi connectivity index (χ4n) is 8.80. The first-order valence-electron chi connectivity index (χ1n) is 20.8. The first kappa shape index (κ1) is 35.2. The normalized spacial score (nSPS) is 15.5. The molecule has 3 aliphatic rings. The van der Waals surface area contributed by atoms with E-state index in [4.69, 9.17) is 15.0 Å². The van der Waals surface area contributed by atoms with Gasteiger partial charge in [0.2, 0.25) is 0 Å². The van der Waals surface area contributed by atoms with Crippen LogP contribution in [0.15, 0.2) is 146 Å². The van der Waals surface area contributed by atoms with Crippen LogP contribution in [0, 0.1) is 0 Å². The number of rotatable bonds is 9. The van der Waals surface area contributed by atoms with E-state index in [1.54, 1.807) is 0 Å². The van der Waals surface area contributed by atoms with Crippen molar-refractivity contribution in [3.8, 4) is 67.5 Å².